The number of rotatable bonds is 4. The third-order valence-corrected chi connectivity index (χ3v) is 4.15. The van der Waals surface area contributed by atoms with Gasteiger partial charge in [-0.25, -0.2) is 0 Å². The lowest BCUT2D eigenvalue weighted by atomic mass is 9.84. The third-order valence-electron chi connectivity index (χ3n) is 4.15. The summed E-state index contributed by atoms with van der Waals surface area (Å²) in [5.74, 6) is -0.975. The zero-order valence-corrected chi connectivity index (χ0v) is 11.5. The smallest absolute Gasteiger partial charge is 0.311 e. The Hall–Kier alpha value is -1.88. The predicted octanol–water partition coefficient (Wildman–Crippen LogP) is 1.51. The number of hydrogen-bond donors (Lipinski definition) is 2. The van der Waals surface area contributed by atoms with Crippen molar-refractivity contribution < 1.29 is 19.8 Å². The highest BCUT2D eigenvalue weighted by Gasteiger charge is 2.44. The molecule has 1 heterocycles. The van der Waals surface area contributed by atoms with Crippen LogP contribution in [0.2, 0.25) is 0 Å². The first-order valence-electron chi connectivity index (χ1n) is 6.75. The predicted molar refractivity (Wildman–Crippen MR) is 73.2 cm³/mol. The molecule has 1 saturated heterocycles. The van der Waals surface area contributed by atoms with Gasteiger partial charge in [0, 0.05) is 18.7 Å². The molecule has 108 valence electrons. The molecule has 0 aliphatic carbocycles. The van der Waals surface area contributed by atoms with Gasteiger partial charge in [0.05, 0.1) is 12.0 Å². The van der Waals surface area contributed by atoms with Crippen molar-refractivity contribution >= 4 is 11.9 Å². The molecule has 0 radical (unpaired) electrons. The number of carboxylic acids is 1. The van der Waals surface area contributed by atoms with Crippen molar-refractivity contribution in [2.75, 3.05) is 13.1 Å². The van der Waals surface area contributed by atoms with Crippen molar-refractivity contribution in [3.05, 3.63) is 35.4 Å². The molecule has 1 amide bonds. The summed E-state index contributed by atoms with van der Waals surface area (Å²) >= 11 is 0. The van der Waals surface area contributed by atoms with Gasteiger partial charge < -0.3 is 15.1 Å². The normalized spacial score (nSPS) is 22.0. The number of hydrogen-bond acceptors (Lipinski definition) is 3. The van der Waals surface area contributed by atoms with E-state index in [0.29, 0.717) is 24.9 Å². The summed E-state index contributed by atoms with van der Waals surface area (Å²) in [5.41, 5.74) is 0.469. The van der Waals surface area contributed by atoms with Crippen LogP contribution in [0.25, 0.3) is 0 Å². The topological polar surface area (TPSA) is 77.8 Å². The molecule has 1 aromatic carbocycles. The highest BCUT2D eigenvalue weighted by Crippen LogP contribution is 2.34. The minimum Gasteiger partial charge on any atom is -0.481 e. The Morgan fingerprint density at radius 2 is 1.95 bits per heavy atom. The van der Waals surface area contributed by atoms with Crippen molar-refractivity contribution in [3.8, 4) is 0 Å². The maximum Gasteiger partial charge on any atom is 0.311 e. The van der Waals surface area contributed by atoms with Gasteiger partial charge in [0.1, 0.15) is 0 Å². The van der Waals surface area contributed by atoms with Crippen LogP contribution in [0.1, 0.15) is 35.7 Å². The minimum atomic E-state index is -0.828. The van der Waals surface area contributed by atoms with E-state index in [1.165, 1.54) is 0 Å². The Labute approximate surface area is 117 Å². The Morgan fingerprint density at radius 3 is 2.40 bits per heavy atom. The van der Waals surface area contributed by atoms with Gasteiger partial charge >= 0.3 is 5.97 Å². The molecule has 20 heavy (non-hydrogen) atoms. The molecule has 1 aliphatic heterocycles. The van der Waals surface area contributed by atoms with Crippen molar-refractivity contribution in [2.45, 2.75) is 26.4 Å². The van der Waals surface area contributed by atoms with Gasteiger partial charge in [0.2, 0.25) is 0 Å². The van der Waals surface area contributed by atoms with E-state index >= 15 is 0 Å². The maximum atomic E-state index is 12.3. The van der Waals surface area contributed by atoms with Crippen LogP contribution in [0.4, 0.5) is 0 Å². The second-order valence-corrected chi connectivity index (χ2v) is 5.27. The quantitative estimate of drug-likeness (QED) is 0.874. The molecule has 1 aromatic rings. The number of amides is 1. The molecule has 0 spiro atoms. The Morgan fingerprint density at radius 1 is 1.30 bits per heavy atom. The number of carbonyl (C=O) groups excluding carboxylic acids is 1. The van der Waals surface area contributed by atoms with Crippen LogP contribution in [-0.4, -0.2) is 40.1 Å². The van der Waals surface area contributed by atoms with Gasteiger partial charge in [0.25, 0.3) is 5.91 Å². The van der Waals surface area contributed by atoms with E-state index in [9.17, 15) is 14.7 Å². The lowest BCUT2D eigenvalue weighted by molar-refractivity contribution is -0.148. The fraction of sp³-hybridized carbons (Fsp3) is 0.467. The minimum absolute atomic E-state index is 0.0594. The highest BCUT2D eigenvalue weighted by atomic mass is 16.4. The number of aliphatic hydroxyl groups excluding tert-OH is 1. The number of nitrogens with zero attached hydrogens (tertiary/aromatic N) is 1. The first kappa shape index (κ1) is 14.5. The van der Waals surface area contributed by atoms with Crippen LogP contribution < -0.4 is 0 Å². The largest absolute Gasteiger partial charge is 0.481 e. The first-order chi connectivity index (χ1) is 9.52. The molecule has 1 aliphatic rings. The number of carboxylic acid groups (broad SMARTS) is 1. The van der Waals surface area contributed by atoms with Crippen molar-refractivity contribution in [1.29, 1.82) is 0 Å². The van der Waals surface area contributed by atoms with E-state index in [2.05, 4.69) is 0 Å². The molecule has 5 heteroatoms. The van der Waals surface area contributed by atoms with Gasteiger partial charge in [-0.1, -0.05) is 19.1 Å². The van der Waals surface area contributed by atoms with Crippen LogP contribution in [0.15, 0.2) is 24.3 Å². The van der Waals surface area contributed by atoms with E-state index in [4.69, 9.17) is 5.11 Å². The molecule has 5 nitrogen and oxygen atoms in total. The van der Waals surface area contributed by atoms with Crippen LogP contribution in [0.3, 0.4) is 0 Å². The van der Waals surface area contributed by atoms with Crippen LogP contribution in [0.5, 0.6) is 0 Å². The molecule has 2 rings (SSSR count). The van der Waals surface area contributed by atoms with Gasteiger partial charge in [-0.15, -0.1) is 0 Å². The molecule has 0 bridgehead atoms. The van der Waals surface area contributed by atoms with E-state index in [-0.39, 0.29) is 19.1 Å². The summed E-state index contributed by atoms with van der Waals surface area (Å²) < 4.78 is 0. The summed E-state index contributed by atoms with van der Waals surface area (Å²) in [6.45, 7) is 2.52. The van der Waals surface area contributed by atoms with E-state index in [1.807, 2.05) is 6.92 Å². The first-order valence-corrected chi connectivity index (χ1v) is 6.75. The van der Waals surface area contributed by atoms with Gasteiger partial charge in [-0.2, -0.15) is 0 Å². The Kier molecular flexibility index (Phi) is 4.09. The molecule has 1 atom stereocenters. The number of likely N-dealkylation sites (tertiary alicyclic amines) is 1. The molecule has 2 N–H and O–H groups in total. The SMILES string of the molecule is CCC1(C(=O)O)CCN(C(=O)c2ccc(CO)cc2)C1. The summed E-state index contributed by atoms with van der Waals surface area (Å²) in [5, 5.41) is 18.3. The zero-order valence-electron chi connectivity index (χ0n) is 11.5. The second-order valence-electron chi connectivity index (χ2n) is 5.27. The summed E-state index contributed by atoms with van der Waals surface area (Å²) in [7, 11) is 0. The van der Waals surface area contributed by atoms with Gasteiger partial charge in [0.15, 0.2) is 0 Å². The highest BCUT2D eigenvalue weighted by molar-refractivity contribution is 5.95. The maximum absolute atomic E-state index is 12.3. The van der Waals surface area contributed by atoms with E-state index < -0.39 is 11.4 Å². The van der Waals surface area contributed by atoms with Crippen molar-refractivity contribution in [1.82, 2.24) is 4.90 Å². The fourth-order valence-electron chi connectivity index (χ4n) is 2.60. The van der Waals surface area contributed by atoms with Crippen LogP contribution in [-0.2, 0) is 11.4 Å². The summed E-state index contributed by atoms with van der Waals surface area (Å²) in [4.78, 5) is 25.3. The lowest BCUT2D eigenvalue weighted by Gasteiger charge is -2.23. The standard InChI is InChI=1S/C15H19NO4/c1-2-15(14(19)20)7-8-16(10-15)13(18)12-5-3-11(9-17)4-6-12/h3-6,17H,2,7-10H2,1H3,(H,19,20). The van der Waals surface area contributed by atoms with Gasteiger partial charge in [-0.3, -0.25) is 9.59 Å². The molecular weight excluding hydrogens is 258 g/mol. The van der Waals surface area contributed by atoms with E-state index in [1.54, 1.807) is 29.2 Å². The summed E-state index contributed by atoms with van der Waals surface area (Å²) in [6, 6.07) is 6.74. The molecular formula is C15H19NO4. The number of benzene rings is 1. The third kappa shape index (κ3) is 2.54. The second kappa shape index (κ2) is 5.63. The fourth-order valence-corrected chi connectivity index (χ4v) is 2.60. The number of aliphatic hydroxyl groups is 1. The molecule has 1 unspecified atom stereocenters. The van der Waals surface area contributed by atoms with E-state index in [0.717, 1.165) is 5.56 Å². The van der Waals surface area contributed by atoms with Crippen LogP contribution >= 0.6 is 0 Å². The monoisotopic (exact) mass is 277 g/mol. The average molecular weight is 277 g/mol. The zero-order chi connectivity index (χ0) is 14.8. The van der Waals surface area contributed by atoms with Crippen LogP contribution in [0, 0.1) is 5.41 Å². The van der Waals surface area contributed by atoms with Crippen molar-refractivity contribution in [2.24, 2.45) is 5.41 Å². The number of aliphatic carboxylic acids is 1. The Balaban J connectivity index is 2.12. The number of carbonyl (C=O) groups is 2. The van der Waals surface area contributed by atoms with Gasteiger partial charge in [-0.05, 0) is 30.5 Å². The lowest BCUT2D eigenvalue weighted by Crippen LogP contribution is -2.36. The van der Waals surface area contributed by atoms with Crippen molar-refractivity contribution in [3.63, 3.8) is 0 Å². The Bertz CT molecular complexity index is 511. The molecule has 1 fully saturated rings. The summed E-state index contributed by atoms with van der Waals surface area (Å²) in [6.07, 6.45) is 1.02. The molecule has 0 saturated carbocycles. The molecule has 0 aromatic heterocycles. The average Bonchev–Trinajstić information content (AvgIpc) is 2.92.